The van der Waals surface area contributed by atoms with Crippen LogP contribution in [0.1, 0.15) is 85.9 Å². The molecule has 0 fully saturated rings. The van der Waals surface area contributed by atoms with Crippen LogP contribution >= 0.6 is 15.6 Å². The molecular weight excluding hydrogens is 842 g/mol. The van der Waals surface area contributed by atoms with Gasteiger partial charge in [-0.3, -0.25) is 28.0 Å². The summed E-state index contributed by atoms with van der Waals surface area (Å²) in [5.74, 6) is -4.35. The molecule has 1 heterocycles. The summed E-state index contributed by atoms with van der Waals surface area (Å²) >= 11 is 0. The summed E-state index contributed by atoms with van der Waals surface area (Å²) < 4.78 is 66.6. The van der Waals surface area contributed by atoms with Gasteiger partial charge in [0.25, 0.3) is 5.91 Å². The van der Waals surface area contributed by atoms with E-state index in [0.717, 1.165) is 4.90 Å². The van der Waals surface area contributed by atoms with Crippen LogP contribution in [0.2, 0.25) is 0 Å². The van der Waals surface area contributed by atoms with Crippen LogP contribution in [-0.2, 0) is 51.5 Å². The second-order valence-corrected chi connectivity index (χ2v) is 17.1. The molecular formula is C36H56N2O20P2. The predicted octanol–water partition coefficient (Wildman–Crippen LogP) is 3.34. The number of phosphoric ester groups is 2. The van der Waals surface area contributed by atoms with Gasteiger partial charge in [-0.2, -0.15) is 0 Å². The van der Waals surface area contributed by atoms with Gasteiger partial charge in [-0.15, -0.1) is 0 Å². The van der Waals surface area contributed by atoms with Gasteiger partial charge in [-0.25, -0.2) is 13.9 Å². The van der Waals surface area contributed by atoms with E-state index in [1.165, 1.54) is 77.7 Å². The van der Waals surface area contributed by atoms with Crippen LogP contribution in [0.25, 0.3) is 5.69 Å². The first kappa shape index (κ1) is 52.4. The number of benzene rings is 1. The highest BCUT2D eigenvalue weighted by molar-refractivity contribution is 7.46. The van der Waals surface area contributed by atoms with Crippen molar-refractivity contribution < 1.29 is 95.6 Å². The second-order valence-electron chi connectivity index (χ2n) is 14.6. The number of rotatable bonds is 27. The molecule has 0 aliphatic carbocycles. The van der Waals surface area contributed by atoms with E-state index in [1.807, 2.05) is 0 Å². The minimum Gasteiger partial charge on any atom is -0.497 e. The predicted molar refractivity (Wildman–Crippen MR) is 209 cm³/mol. The number of esters is 1. The fourth-order valence-corrected chi connectivity index (χ4v) is 6.26. The largest absolute Gasteiger partial charge is 0.497 e. The number of aliphatic carboxylic acids is 2. The number of carboxylic acid groups (broad SMARTS) is 2. The monoisotopic (exact) mass is 898 g/mol. The van der Waals surface area contributed by atoms with E-state index in [-0.39, 0.29) is 48.9 Å². The Hall–Kier alpha value is -3.76. The van der Waals surface area contributed by atoms with Gasteiger partial charge in [-0.05, 0) is 65.8 Å². The maximum absolute atomic E-state index is 14.6. The molecule has 0 bridgehead atoms. The van der Waals surface area contributed by atoms with Crippen LogP contribution in [-0.4, -0.2) is 143 Å². The zero-order chi connectivity index (χ0) is 45.8. The molecule has 2 aromatic rings. The lowest BCUT2D eigenvalue weighted by Crippen LogP contribution is -2.38. The topological polar surface area (TPSA) is 306 Å². The lowest BCUT2D eigenvalue weighted by atomic mass is 9.75. The maximum Gasteiger partial charge on any atom is 0.469 e. The molecule has 2 atom stereocenters. The highest BCUT2D eigenvalue weighted by Crippen LogP contribution is 2.50. The lowest BCUT2D eigenvalue weighted by Gasteiger charge is -2.36. The first-order valence-electron chi connectivity index (χ1n) is 18.3. The number of nitrogens with zero attached hydrogens (tertiary/aromatic N) is 2. The number of phosphoric acid groups is 2. The van der Waals surface area contributed by atoms with Gasteiger partial charge in [0, 0.05) is 30.9 Å². The number of carboxylic acids is 2. The first-order valence-corrected chi connectivity index (χ1v) is 21.4. The lowest BCUT2D eigenvalue weighted by molar-refractivity contribution is -0.161. The van der Waals surface area contributed by atoms with Crippen molar-refractivity contribution in [2.75, 3.05) is 74.1 Å². The van der Waals surface area contributed by atoms with E-state index in [0.29, 0.717) is 5.75 Å². The van der Waals surface area contributed by atoms with Gasteiger partial charge in [0.2, 0.25) is 0 Å². The number of hydrogen-bond donors (Lipinski definition) is 6. The first-order chi connectivity index (χ1) is 27.7. The molecule has 340 valence electrons. The molecule has 0 aliphatic rings. The Kier molecular flexibility index (Phi) is 19.5. The Balaban J connectivity index is 3.14. The third-order valence-corrected chi connectivity index (χ3v) is 9.70. The van der Waals surface area contributed by atoms with Crippen molar-refractivity contribution in [2.24, 2.45) is 10.8 Å². The van der Waals surface area contributed by atoms with Gasteiger partial charge < -0.3 is 63.1 Å². The Morgan fingerprint density at radius 1 is 0.683 bits per heavy atom. The van der Waals surface area contributed by atoms with E-state index in [2.05, 4.69) is 9.05 Å². The normalized spacial score (nSPS) is 13.6. The van der Waals surface area contributed by atoms with E-state index in [9.17, 15) is 38.5 Å². The fourth-order valence-electron chi connectivity index (χ4n) is 5.64. The van der Waals surface area contributed by atoms with Crippen LogP contribution in [0.3, 0.4) is 0 Å². The summed E-state index contributed by atoms with van der Waals surface area (Å²) in [5.41, 5.74) is -5.09. The number of aromatic nitrogens is 1. The zero-order valence-electron chi connectivity index (χ0n) is 34.9. The summed E-state index contributed by atoms with van der Waals surface area (Å²) in [5, 5.41) is 21.4. The molecule has 22 nitrogen and oxygen atoms in total. The third kappa shape index (κ3) is 14.7. The average Bonchev–Trinajstić information content (AvgIpc) is 3.46. The van der Waals surface area contributed by atoms with E-state index >= 15 is 0 Å². The number of hydrogen-bond acceptors (Lipinski definition) is 14. The van der Waals surface area contributed by atoms with Crippen LogP contribution in [0, 0.1) is 10.8 Å². The molecule has 0 saturated carbocycles. The summed E-state index contributed by atoms with van der Waals surface area (Å²) in [6.45, 7) is 5.16. The Morgan fingerprint density at radius 3 is 1.43 bits per heavy atom. The summed E-state index contributed by atoms with van der Waals surface area (Å²) in [4.78, 5) is 92.6. The van der Waals surface area contributed by atoms with Crippen molar-refractivity contribution in [3.8, 4) is 11.4 Å². The Bertz CT molecular complexity index is 1860. The molecule has 2 unspecified atom stereocenters. The van der Waals surface area contributed by atoms with Gasteiger partial charge in [0.1, 0.15) is 29.3 Å². The van der Waals surface area contributed by atoms with Crippen molar-refractivity contribution in [1.29, 1.82) is 0 Å². The third-order valence-electron chi connectivity index (χ3n) is 8.66. The van der Waals surface area contributed by atoms with E-state index in [1.54, 1.807) is 13.8 Å². The Labute approximate surface area is 347 Å². The SMILES string of the molecule is COc1ccc(-n2c(C(=O)OC(C)C)c(C(OCCOCCOP(=O)(O)O)C(C)(C)C(=O)O)c(C(OCCOCCOP(=O)(O)O)C(C)(C)C(=O)O)c2C(=O)N(C)C)cc1. The molecule has 0 radical (unpaired) electrons. The number of carbonyl (C=O) groups excluding carboxylic acids is 2. The standard InChI is InChI=1S/C36H56N2O20P2/c1-22(2)58-32(40)28-26(30(36(5,6)34(43)44)55-19-15-53-17-21-57-60(48,49)50)25(27(31(39)37(7)8)38(28)23-10-12-24(51-9)13-11-23)29(35(3,4)33(41)42)54-18-14-52-16-20-56-59(45,46)47/h10-13,22,29-30H,14-21H2,1-9H3,(H,41,42)(H,43,44)(H2,45,46,47)(H2,48,49,50). The quantitative estimate of drug-likeness (QED) is 0.0425. The van der Waals surface area contributed by atoms with E-state index in [4.69, 9.17) is 48.0 Å². The van der Waals surface area contributed by atoms with Gasteiger partial charge in [0.05, 0.1) is 76.9 Å². The van der Waals surface area contributed by atoms with Crippen molar-refractivity contribution in [3.63, 3.8) is 0 Å². The maximum atomic E-state index is 14.6. The number of methoxy groups -OCH3 is 1. The summed E-state index contributed by atoms with van der Waals surface area (Å²) in [6.07, 6.45) is -4.20. The second kappa shape index (κ2) is 22.4. The van der Waals surface area contributed by atoms with E-state index < -0.39 is 101 Å². The molecule has 2 rings (SSSR count). The van der Waals surface area contributed by atoms with Crippen molar-refractivity contribution >= 4 is 39.5 Å². The zero-order valence-corrected chi connectivity index (χ0v) is 36.7. The molecule has 0 aliphatic heterocycles. The highest BCUT2D eigenvalue weighted by Gasteiger charge is 2.51. The molecule has 1 amide bonds. The van der Waals surface area contributed by atoms with Crippen molar-refractivity contribution in [3.05, 3.63) is 46.8 Å². The smallest absolute Gasteiger partial charge is 0.469 e. The van der Waals surface area contributed by atoms with Crippen molar-refractivity contribution in [1.82, 2.24) is 9.47 Å². The number of amides is 1. The summed E-state index contributed by atoms with van der Waals surface area (Å²) in [6, 6.07) is 6.06. The summed E-state index contributed by atoms with van der Waals surface area (Å²) in [7, 11) is -5.37. The van der Waals surface area contributed by atoms with Crippen LogP contribution in [0.5, 0.6) is 5.75 Å². The van der Waals surface area contributed by atoms with Gasteiger partial charge >= 0.3 is 33.6 Å². The number of ether oxygens (including phenoxy) is 6. The Morgan fingerprint density at radius 2 is 1.08 bits per heavy atom. The molecule has 6 N–H and O–H groups in total. The highest BCUT2D eigenvalue weighted by atomic mass is 31.2. The molecule has 60 heavy (non-hydrogen) atoms. The average molecular weight is 899 g/mol. The van der Waals surface area contributed by atoms with Crippen LogP contribution in [0.4, 0.5) is 0 Å². The van der Waals surface area contributed by atoms with Crippen LogP contribution < -0.4 is 4.74 Å². The molecule has 1 aromatic carbocycles. The van der Waals surface area contributed by atoms with Gasteiger partial charge in [-0.1, -0.05) is 0 Å². The molecule has 0 spiro atoms. The molecule has 0 saturated heterocycles. The fraction of sp³-hybridized carbons (Fsp3) is 0.611. The number of carbonyl (C=O) groups is 4. The molecule has 24 heteroatoms. The minimum absolute atomic E-state index is 0.157. The molecule has 1 aromatic heterocycles. The minimum atomic E-state index is -4.80. The van der Waals surface area contributed by atoms with Gasteiger partial charge in [0.15, 0.2) is 0 Å². The van der Waals surface area contributed by atoms with Crippen LogP contribution in [0.15, 0.2) is 24.3 Å². The van der Waals surface area contributed by atoms with Crippen molar-refractivity contribution in [2.45, 2.75) is 59.9 Å².